The zero-order chi connectivity index (χ0) is 24.7. The number of hydrogen-bond acceptors (Lipinski definition) is 7. The van der Waals surface area contributed by atoms with Crippen molar-refractivity contribution in [3.05, 3.63) is 41.0 Å². The molecule has 10 nitrogen and oxygen atoms in total. The predicted octanol–water partition coefficient (Wildman–Crippen LogP) is 1.13. The largest absolute Gasteiger partial charge is 0.509 e. The second-order valence-corrected chi connectivity index (χ2v) is 9.03. The van der Waals surface area contributed by atoms with Crippen LogP contribution in [0.5, 0.6) is 5.75 Å². The van der Waals surface area contributed by atoms with Crippen LogP contribution in [0.25, 0.3) is 0 Å². The summed E-state index contributed by atoms with van der Waals surface area (Å²) in [5.41, 5.74) is 0.637. The molecule has 0 aliphatic carbocycles. The number of nitrogens with zero attached hydrogens (tertiary/aromatic N) is 4. The van der Waals surface area contributed by atoms with Gasteiger partial charge in [0, 0.05) is 37.8 Å². The summed E-state index contributed by atoms with van der Waals surface area (Å²) in [6.45, 7) is 3.79. The third-order valence-corrected chi connectivity index (χ3v) is 6.93. The Kier molecular flexibility index (Phi) is 6.08. The molecule has 1 aromatic carbocycles. The molecular formula is C24H28FN5O5. The molecule has 4 heterocycles. The van der Waals surface area contributed by atoms with Gasteiger partial charge in [-0.15, -0.1) is 0 Å². The van der Waals surface area contributed by atoms with Crippen LogP contribution in [0.1, 0.15) is 31.7 Å². The summed E-state index contributed by atoms with van der Waals surface area (Å²) < 4.78 is 19.7. The Morgan fingerprint density at radius 2 is 2.03 bits per heavy atom. The van der Waals surface area contributed by atoms with E-state index in [2.05, 4.69) is 10.4 Å². The van der Waals surface area contributed by atoms with Crippen LogP contribution in [0.3, 0.4) is 0 Å². The average Bonchev–Trinajstić information content (AvgIpc) is 3.14. The van der Waals surface area contributed by atoms with Crippen LogP contribution < -0.4 is 10.1 Å². The highest BCUT2D eigenvalue weighted by Gasteiger charge is 2.56. The Balaban J connectivity index is 1.57. The number of hydrogen-bond donors (Lipinski definition) is 2. The van der Waals surface area contributed by atoms with Gasteiger partial charge in [0.25, 0.3) is 17.7 Å². The van der Waals surface area contributed by atoms with Gasteiger partial charge in [-0.25, -0.2) is 9.40 Å². The number of piperazine rings is 1. The zero-order valence-corrected chi connectivity index (χ0v) is 19.5. The van der Waals surface area contributed by atoms with Crippen LogP contribution in [0.4, 0.5) is 4.39 Å². The van der Waals surface area contributed by atoms with Crippen molar-refractivity contribution in [3.8, 4) is 5.75 Å². The molecule has 186 valence electrons. The molecule has 2 bridgehead atoms. The van der Waals surface area contributed by atoms with Crippen molar-refractivity contribution in [1.82, 2.24) is 20.1 Å². The number of likely N-dealkylation sites (N-methyl/N-ethyl adjacent to an activating group) is 1. The van der Waals surface area contributed by atoms with E-state index in [1.54, 1.807) is 9.80 Å². The maximum absolute atomic E-state index is 13.9. The third kappa shape index (κ3) is 3.98. The van der Waals surface area contributed by atoms with E-state index in [0.29, 0.717) is 50.5 Å². The lowest BCUT2D eigenvalue weighted by atomic mass is 9.92. The molecule has 1 fully saturated rings. The van der Waals surface area contributed by atoms with Crippen LogP contribution in [0, 0.1) is 11.7 Å². The molecule has 2 unspecified atom stereocenters. The standard InChI is InChI=1S/C24H28FN5O5/c1-2-28-9-10-29-19-17(21(31)20(29)24(28)34)23(33)30-13-14-6-7-15(25)12-16(14)35-11-5-3-4-8-26-22(32)18(19)27-30/h6-7,12,17,19,31H,2-5,8-11,13H2,1H3,(H,26,32). The Bertz CT molecular complexity index is 1140. The summed E-state index contributed by atoms with van der Waals surface area (Å²) in [6.07, 6.45) is 2.23. The van der Waals surface area contributed by atoms with Crippen LogP contribution in [-0.4, -0.2) is 82.2 Å². The lowest BCUT2D eigenvalue weighted by Crippen LogP contribution is -2.58. The van der Waals surface area contributed by atoms with Gasteiger partial charge in [-0.1, -0.05) is 6.07 Å². The van der Waals surface area contributed by atoms with Crippen molar-refractivity contribution in [2.45, 2.75) is 38.8 Å². The Labute approximate surface area is 202 Å². The molecule has 2 atom stereocenters. The van der Waals surface area contributed by atoms with E-state index in [1.165, 1.54) is 18.2 Å². The van der Waals surface area contributed by atoms with Gasteiger partial charge in [0.2, 0.25) is 0 Å². The molecule has 1 aromatic rings. The Morgan fingerprint density at radius 1 is 1.20 bits per heavy atom. The van der Waals surface area contributed by atoms with Gasteiger partial charge in [-0.05, 0) is 32.3 Å². The normalized spacial score (nSPS) is 25.3. The molecule has 3 amide bonds. The molecule has 2 N–H and O–H groups in total. The van der Waals surface area contributed by atoms with Crippen LogP contribution in [0.2, 0.25) is 0 Å². The van der Waals surface area contributed by atoms with Crippen molar-refractivity contribution in [2.24, 2.45) is 11.0 Å². The fourth-order valence-corrected chi connectivity index (χ4v) is 5.11. The number of carbonyl (C=O) groups excluding carboxylic acids is 3. The van der Waals surface area contributed by atoms with E-state index in [4.69, 9.17) is 4.74 Å². The molecule has 11 heteroatoms. The third-order valence-electron chi connectivity index (χ3n) is 6.93. The van der Waals surface area contributed by atoms with Gasteiger partial charge in [0.15, 0.2) is 0 Å². The zero-order valence-electron chi connectivity index (χ0n) is 19.5. The SMILES string of the molecule is CCN1CCN2C(=C(O)C3C(=O)N4Cc5ccc(F)cc5OCCCCCNC(=O)C(=N4)C32)C1=O. The summed E-state index contributed by atoms with van der Waals surface area (Å²) >= 11 is 0. The van der Waals surface area contributed by atoms with E-state index in [0.717, 1.165) is 17.9 Å². The van der Waals surface area contributed by atoms with Gasteiger partial charge in [-0.3, -0.25) is 14.4 Å². The number of carbonyl (C=O) groups is 3. The van der Waals surface area contributed by atoms with Crippen molar-refractivity contribution in [2.75, 3.05) is 32.8 Å². The summed E-state index contributed by atoms with van der Waals surface area (Å²) in [7, 11) is 0. The van der Waals surface area contributed by atoms with Crippen LogP contribution in [-0.2, 0) is 20.9 Å². The molecule has 0 spiro atoms. The molecule has 1 saturated heterocycles. The van der Waals surface area contributed by atoms with Gasteiger partial charge >= 0.3 is 0 Å². The molecule has 35 heavy (non-hydrogen) atoms. The predicted molar refractivity (Wildman–Crippen MR) is 123 cm³/mol. The Morgan fingerprint density at radius 3 is 2.83 bits per heavy atom. The summed E-state index contributed by atoms with van der Waals surface area (Å²) in [5.74, 6) is -2.99. The highest BCUT2D eigenvalue weighted by Crippen LogP contribution is 2.40. The topological polar surface area (TPSA) is 115 Å². The number of aliphatic hydroxyl groups is 1. The second-order valence-electron chi connectivity index (χ2n) is 9.03. The molecule has 0 saturated carbocycles. The monoisotopic (exact) mass is 485 g/mol. The highest BCUT2D eigenvalue weighted by molar-refractivity contribution is 6.42. The molecule has 5 rings (SSSR count). The first kappa shape index (κ1) is 23.1. The molecule has 0 aromatic heterocycles. The molecular weight excluding hydrogens is 457 g/mol. The number of aliphatic hydroxyl groups excluding tert-OH is 1. The van der Waals surface area contributed by atoms with E-state index in [-0.39, 0.29) is 29.6 Å². The first-order chi connectivity index (χ1) is 16.9. The van der Waals surface area contributed by atoms with E-state index < -0.39 is 29.6 Å². The maximum atomic E-state index is 13.9. The number of rotatable bonds is 1. The smallest absolute Gasteiger partial charge is 0.273 e. The number of amides is 3. The number of hydrazone groups is 1. The minimum absolute atomic E-state index is 0.0486. The lowest BCUT2D eigenvalue weighted by molar-refractivity contribution is -0.138. The van der Waals surface area contributed by atoms with Crippen LogP contribution >= 0.6 is 0 Å². The number of halogens is 1. The van der Waals surface area contributed by atoms with Crippen LogP contribution in [0.15, 0.2) is 34.8 Å². The minimum atomic E-state index is -1.14. The van der Waals surface area contributed by atoms with E-state index in [9.17, 15) is 23.9 Å². The van der Waals surface area contributed by atoms with Gasteiger partial charge in [-0.2, -0.15) is 5.10 Å². The summed E-state index contributed by atoms with van der Waals surface area (Å²) in [4.78, 5) is 43.1. The maximum Gasteiger partial charge on any atom is 0.273 e. The van der Waals surface area contributed by atoms with Gasteiger partial charge in [0.05, 0.1) is 19.2 Å². The second kappa shape index (κ2) is 9.20. The van der Waals surface area contributed by atoms with Crippen molar-refractivity contribution in [3.63, 3.8) is 0 Å². The molecule has 0 radical (unpaired) electrons. The van der Waals surface area contributed by atoms with Crippen molar-refractivity contribution < 1.29 is 28.6 Å². The van der Waals surface area contributed by atoms with E-state index >= 15 is 0 Å². The number of ether oxygens (including phenoxy) is 1. The first-order valence-corrected chi connectivity index (χ1v) is 12.0. The lowest BCUT2D eigenvalue weighted by Gasteiger charge is -2.40. The molecule has 4 aliphatic rings. The first-order valence-electron chi connectivity index (χ1n) is 12.0. The van der Waals surface area contributed by atoms with Crippen molar-refractivity contribution in [1.29, 1.82) is 0 Å². The Hall–Kier alpha value is -3.63. The summed E-state index contributed by atoms with van der Waals surface area (Å²) in [6, 6.07) is 3.19. The highest BCUT2D eigenvalue weighted by atomic mass is 19.1. The number of nitrogens with one attached hydrogen (secondary N) is 1. The van der Waals surface area contributed by atoms with Gasteiger partial charge in [0.1, 0.15) is 34.7 Å². The average molecular weight is 486 g/mol. The number of benzene rings is 1. The molecule has 4 aliphatic heterocycles. The minimum Gasteiger partial charge on any atom is -0.509 e. The fraction of sp³-hybridized carbons (Fsp3) is 0.500. The van der Waals surface area contributed by atoms with E-state index in [1.807, 2.05) is 6.92 Å². The quantitative estimate of drug-likeness (QED) is 0.617. The van der Waals surface area contributed by atoms with Gasteiger partial charge < -0.3 is 25.0 Å². The summed E-state index contributed by atoms with van der Waals surface area (Å²) in [5, 5.41) is 19.5. The fourth-order valence-electron chi connectivity index (χ4n) is 5.11. The number of fused-ring (bicyclic) bond motifs is 6. The van der Waals surface area contributed by atoms with Crippen molar-refractivity contribution >= 4 is 23.4 Å².